The molecule has 6 nitrogen and oxygen atoms in total. The zero-order chi connectivity index (χ0) is 15.2. The summed E-state index contributed by atoms with van der Waals surface area (Å²) in [7, 11) is 0. The Morgan fingerprint density at radius 1 is 1.33 bits per heavy atom. The topological polar surface area (TPSA) is 88.5 Å². The van der Waals surface area contributed by atoms with Gasteiger partial charge in [-0.25, -0.2) is 4.79 Å². The third-order valence-corrected chi connectivity index (χ3v) is 2.92. The van der Waals surface area contributed by atoms with E-state index in [0.717, 1.165) is 0 Å². The van der Waals surface area contributed by atoms with Gasteiger partial charge in [0.15, 0.2) is 5.75 Å². The van der Waals surface area contributed by atoms with Crippen molar-refractivity contribution in [3.63, 3.8) is 0 Å². The molecule has 110 valence electrons. The summed E-state index contributed by atoms with van der Waals surface area (Å²) in [6.07, 6.45) is 1.54. The van der Waals surface area contributed by atoms with Crippen LogP contribution in [0.1, 0.15) is 23.7 Å². The number of nitrogens with one attached hydrogen (secondary N) is 1. The average Bonchev–Trinajstić information content (AvgIpc) is 2.46. The monoisotopic (exact) mass is 288 g/mol. The molecular formula is C15H16N2O4. The summed E-state index contributed by atoms with van der Waals surface area (Å²) in [5, 5.41) is 12.5. The number of aromatic nitrogens is 1. The van der Waals surface area contributed by atoms with Gasteiger partial charge in [0.2, 0.25) is 5.91 Å². The number of ether oxygens (including phenoxy) is 1. The van der Waals surface area contributed by atoms with Gasteiger partial charge in [-0.2, -0.15) is 0 Å². The maximum atomic E-state index is 11.4. The maximum Gasteiger partial charge on any atom is 0.340 e. The SMILES string of the molecule is CCNC(=O)CCOc1cnc2ccccc2c1C(=O)O. The lowest BCUT2D eigenvalue weighted by atomic mass is 10.1. The number of nitrogens with zero attached hydrogens (tertiary/aromatic N) is 1. The molecule has 0 aliphatic heterocycles. The lowest BCUT2D eigenvalue weighted by Gasteiger charge is -2.10. The van der Waals surface area contributed by atoms with E-state index in [-0.39, 0.29) is 30.2 Å². The van der Waals surface area contributed by atoms with E-state index in [1.165, 1.54) is 6.20 Å². The van der Waals surface area contributed by atoms with E-state index >= 15 is 0 Å². The summed E-state index contributed by atoms with van der Waals surface area (Å²) in [5.74, 6) is -1.05. The van der Waals surface area contributed by atoms with Crippen LogP contribution in [0, 0.1) is 0 Å². The molecule has 0 fully saturated rings. The number of carboxylic acid groups (broad SMARTS) is 1. The highest BCUT2D eigenvalue weighted by Crippen LogP contribution is 2.26. The zero-order valence-electron chi connectivity index (χ0n) is 11.6. The van der Waals surface area contributed by atoms with Gasteiger partial charge in [0.1, 0.15) is 5.56 Å². The molecule has 1 amide bonds. The lowest BCUT2D eigenvalue weighted by molar-refractivity contribution is -0.121. The van der Waals surface area contributed by atoms with Crippen molar-refractivity contribution in [1.82, 2.24) is 10.3 Å². The van der Waals surface area contributed by atoms with Gasteiger partial charge in [0.05, 0.1) is 24.7 Å². The normalized spacial score (nSPS) is 10.3. The van der Waals surface area contributed by atoms with E-state index in [4.69, 9.17) is 4.74 Å². The van der Waals surface area contributed by atoms with Gasteiger partial charge in [-0.3, -0.25) is 9.78 Å². The predicted octanol–water partition coefficient (Wildman–Crippen LogP) is 1.84. The fraction of sp³-hybridized carbons (Fsp3) is 0.267. The quantitative estimate of drug-likeness (QED) is 0.846. The lowest BCUT2D eigenvalue weighted by Crippen LogP contribution is -2.24. The van der Waals surface area contributed by atoms with Crippen LogP contribution in [-0.4, -0.2) is 35.1 Å². The molecular weight excluding hydrogens is 272 g/mol. The van der Waals surface area contributed by atoms with Crippen LogP contribution in [-0.2, 0) is 4.79 Å². The molecule has 21 heavy (non-hydrogen) atoms. The van der Waals surface area contributed by atoms with Crippen molar-refractivity contribution in [3.05, 3.63) is 36.0 Å². The molecule has 2 aromatic rings. The molecule has 0 bridgehead atoms. The number of fused-ring (bicyclic) bond motifs is 1. The first-order chi connectivity index (χ1) is 10.1. The summed E-state index contributed by atoms with van der Waals surface area (Å²) >= 11 is 0. The minimum Gasteiger partial charge on any atom is -0.490 e. The Kier molecular flexibility index (Phi) is 4.71. The first-order valence-corrected chi connectivity index (χ1v) is 6.64. The van der Waals surface area contributed by atoms with Crippen LogP contribution in [0.5, 0.6) is 5.75 Å². The van der Waals surface area contributed by atoms with Crippen LogP contribution < -0.4 is 10.1 Å². The van der Waals surface area contributed by atoms with E-state index in [0.29, 0.717) is 17.4 Å². The zero-order valence-corrected chi connectivity index (χ0v) is 11.6. The van der Waals surface area contributed by atoms with Crippen molar-refractivity contribution < 1.29 is 19.4 Å². The Balaban J connectivity index is 2.21. The van der Waals surface area contributed by atoms with Crippen LogP contribution >= 0.6 is 0 Å². The van der Waals surface area contributed by atoms with E-state index in [2.05, 4.69) is 10.3 Å². The number of rotatable bonds is 6. The molecule has 0 unspecified atom stereocenters. The number of aromatic carboxylic acids is 1. The fourth-order valence-corrected chi connectivity index (χ4v) is 1.99. The van der Waals surface area contributed by atoms with Crippen molar-refractivity contribution in [2.45, 2.75) is 13.3 Å². The highest BCUT2D eigenvalue weighted by Gasteiger charge is 2.16. The number of benzene rings is 1. The number of carbonyl (C=O) groups excluding carboxylic acids is 1. The van der Waals surface area contributed by atoms with Gasteiger partial charge in [-0.05, 0) is 13.0 Å². The molecule has 2 N–H and O–H groups in total. The average molecular weight is 288 g/mol. The van der Waals surface area contributed by atoms with Crippen LogP contribution in [0.25, 0.3) is 10.9 Å². The molecule has 2 rings (SSSR count). The molecule has 0 radical (unpaired) electrons. The van der Waals surface area contributed by atoms with Gasteiger partial charge >= 0.3 is 5.97 Å². The Hall–Kier alpha value is -2.63. The smallest absolute Gasteiger partial charge is 0.340 e. The van der Waals surface area contributed by atoms with Crippen LogP contribution in [0.2, 0.25) is 0 Å². The number of amides is 1. The first kappa shape index (κ1) is 14.8. The largest absolute Gasteiger partial charge is 0.490 e. The molecule has 0 aliphatic rings. The van der Waals surface area contributed by atoms with E-state index in [1.807, 2.05) is 6.92 Å². The van der Waals surface area contributed by atoms with Crippen molar-refractivity contribution in [2.75, 3.05) is 13.2 Å². The maximum absolute atomic E-state index is 11.4. The molecule has 1 aromatic carbocycles. The van der Waals surface area contributed by atoms with Gasteiger partial charge < -0.3 is 15.2 Å². The minimum absolute atomic E-state index is 0.0662. The molecule has 0 atom stereocenters. The molecule has 1 heterocycles. The Labute approximate surface area is 121 Å². The van der Waals surface area contributed by atoms with Gasteiger partial charge in [-0.1, -0.05) is 18.2 Å². The van der Waals surface area contributed by atoms with E-state index in [9.17, 15) is 14.7 Å². The van der Waals surface area contributed by atoms with Crippen molar-refractivity contribution in [3.8, 4) is 5.75 Å². The van der Waals surface area contributed by atoms with E-state index in [1.54, 1.807) is 24.3 Å². The number of para-hydroxylation sites is 1. The fourth-order valence-electron chi connectivity index (χ4n) is 1.99. The number of carbonyl (C=O) groups is 2. The first-order valence-electron chi connectivity index (χ1n) is 6.64. The van der Waals surface area contributed by atoms with Gasteiger partial charge in [0.25, 0.3) is 0 Å². The molecule has 1 aromatic heterocycles. The Morgan fingerprint density at radius 3 is 2.81 bits per heavy atom. The van der Waals surface area contributed by atoms with Gasteiger partial charge in [-0.15, -0.1) is 0 Å². The summed E-state index contributed by atoms with van der Waals surface area (Å²) in [4.78, 5) is 27.0. The molecule has 0 saturated heterocycles. The van der Waals surface area contributed by atoms with Crippen LogP contribution in [0.4, 0.5) is 0 Å². The van der Waals surface area contributed by atoms with Crippen molar-refractivity contribution >= 4 is 22.8 Å². The molecule has 0 saturated carbocycles. The number of pyridine rings is 1. The van der Waals surface area contributed by atoms with E-state index < -0.39 is 5.97 Å². The highest BCUT2D eigenvalue weighted by molar-refractivity contribution is 6.04. The van der Waals surface area contributed by atoms with Crippen molar-refractivity contribution in [2.24, 2.45) is 0 Å². The third-order valence-electron chi connectivity index (χ3n) is 2.92. The molecule has 0 spiro atoms. The number of hydrogen-bond acceptors (Lipinski definition) is 4. The van der Waals surface area contributed by atoms with Crippen molar-refractivity contribution in [1.29, 1.82) is 0 Å². The third kappa shape index (κ3) is 3.47. The molecule has 0 aliphatic carbocycles. The van der Waals surface area contributed by atoms with Crippen LogP contribution in [0.3, 0.4) is 0 Å². The second-order valence-electron chi connectivity index (χ2n) is 4.37. The second kappa shape index (κ2) is 6.69. The summed E-state index contributed by atoms with van der Waals surface area (Å²) in [6.45, 7) is 2.48. The predicted molar refractivity (Wildman–Crippen MR) is 77.5 cm³/mol. The summed E-state index contributed by atoms with van der Waals surface area (Å²) in [5.41, 5.74) is 0.655. The highest BCUT2D eigenvalue weighted by atomic mass is 16.5. The van der Waals surface area contributed by atoms with Crippen LogP contribution in [0.15, 0.2) is 30.5 Å². The number of hydrogen-bond donors (Lipinski definition) is 2. The second-order valence-corrected chi connectivity index (χ2v) is 4.37. The minimum atomic E-state index is -1.08. The number of carboxylic acids is 1. The van der Waals surface area contributed by atoms with Gasteiger partial charge in [0, 0.05) is 11.9 Å². The molecule has 6 heteroatoms. The summed E-state index contributed by atoms with van der Waals surface area (Å²) in [6, 6.07) is 6.95. The summed E-state index contributed by atoms with van der Waals surface area (Å²) < 4.78 is 5.42. The standard InChI is InChI=1S/C15H16N2O4/c1-2-16-13(18)7-8-21-12-9-17-11-6-4-3-5-10(11)14(12)15(19)20/h3-6,9H,2,7-8H2,1H3,(H,16,18)(H,19,20). The Bertz CT molecular complexity index is 670. The Morgan fingerprint density at radius 2 is 2.10 bits per heavy atom.